The fourth-order valence-electron chi connectivity index (χ4n) is 1.56. The molecule has 1 atom stereocenters. The van der Waals surface area contributed by atoms with Gasteiger partial charge in [-0.3, -0.25) is 0 Å². The topological polar surface area (TPSA) is 17.1 Å². The van der Waals surface area contributed by atoms with E-state index in [0.29, 0.717) is 0 Å². The molecule has 0 amide bonds. The second-order valence-corrected chi connectivity index (χ2v) is 5.08. The average molecular weight is 273 g/mol. The number of rotatable bonds is 3. The van der Waals surface area contributed by atoms with Gasteiger partial charge in [-0.05, 0) is 48.9 Å². The number of aryl methyl sites for hydroxylation is 2. The maximum Gasteiger partial charge on any atom is 0.138 e. The summed E-state index contributed by atoms with van der Waals surface area (Å²) in [5.74, 6) is 0. The van der Waals surface area contributed by atoms with Crippen LogP contribution in [0.25, 0.3) is 0 Å². The summed E-state index contributed by atoms with van der Waals surface area (Å²) < 4.78 is 0. The summed E-state index contributed by atoms with van der Waals surface area (Å²) >= 11 is 5.08. The van der Waals surface area contributed by atoms with Gasteiger partial charge in [0.25, 0.3) is 0 Å². The first-order valence-corrected chi connectivity index (χ1v) is 6.48. The fourth-order valence-corrected chi connectivity index (χ4v) is 2.87. The van der Waals surface area contributed by atoms with Crippen molar-refractivity contribution >= 4 is 34.0 Å². The molecule has 0 fully saturated rings. The van der Waals surface area contributed by atoms with E-state index in [4.69, 9.17) is 0 Å². The van der Waals surface area contributed by atoms with Crippen molar-refractivity contribution in [3.05, 3.63) is 28.8 Å². The number of thioether (sulfide) groups is 1. The minimum Gasteiger partial charge on any atom is -0.302 e. The highest BCUT2D eigenvalue weighted by Crippen LogP contribution is 2.30. The summed E-state index contributed by atoms with van der Waals surface area (Å²) in [5, 5.41) is 0. The zero-order valence-electron chi connectivity index (χ0n) is 8.50. The first-order chi connectivity index (χ1) is 6.60. The molecule has 1 aromatic rings. The second kappa shape index (κ2) is 4.99. The largest absolute Gasteiger partial charge is 0.302 e. The van der Waals surface area contributed by atoms with Crippen LogP contribution in [-0.4, -0.2) is 12.5 Å². The van der Waals surface area contributed by atoms with Crippen LogP contribution in [0.4, 0.5) is 0 Å². The predicted octanol–water partition coefficient (Wildman–Crippen LogP) is 3.66. The Balaban J connectivity index is 3.24. The highest BCUT2D eigenvalue weighted by atomic mass is 79.9. The Morgan fingerprint density at radius 2 is 1.86 bits per heavy atom. The third kappa shape index (κ3) is 2.39. The highest BCUT2D eigenvalue weighted by Gasteiger charge is 2.12. The molecule has 1 rings (SSSR count). The normalized spacial score (nSPS) is 12.6. The monoisotopic (exact) mass is 272 g/mol. The van der Waals surface area contributed by atoms with Gasteiger partial charge in [-0.15, -0.1) is 11.8 Å². The Morgan fingerprint density at radius 1 is 1.36 bits per heavy atom. The lowest BCUT2D eigenvalue weighted by Crippen LogP contribution is -1.98. The molecule has 0 aromatic heterocycles. The predicted molar refractivity (Wildman–Crippen MR) is 65.4 cm³/mol. The Morgan fingerprint density at radius 3 is 2.21 bits per heavy atom. The second-order valence-electron chi connectivity index (χ2n) is 3.21. The van der Waals surface area contributed by atoms with Gasteiger partial charge in [-0.25, -0.2) is 0 Å². The summed E-state index contributed by atoms with van der Waals surface area (Å²) in [5.41, 5.74) is 3.43. The molecule has 0 bridgehead atoms. The minimum absolute atomic E-state index is 0.182. The van der Waals surface area contributed by atoms with Gasteiger partial charge >= 0.3 is 0 Å². The van der Waals surface area contributed by atoms with Crippen molar-refractivity contribution in [1.29, 1.82) is 0 Å². The van der Waals surface area contributed by atoms with Crippen LogP contribution >= 0.6 is 27.7 Å². The molecule has 0 aliphatic carbocycles. The van der Waals surface area contributed by atoms with E-state index in [1.54, 1.807) is 11.8 Å². The van der Waals surface area contributed by atoms with Crippen molar-refractivity contribution in [3.63, 3.8) is 0 Å². The zero-order chi connectivity index (χ0) is 10.7. The SMILES string of the molecule is CSc1cc(C)c(C(Br)C=O)c(C)c1. The Labute approximate surface area is 97.4 Å². The average Bonchev–Trinajstić information content (AvgIpc) is 2.16. The fraction of sp³-hybridized carbons (Fsp3) is 0.364. The van der Waals surface area contributed by atoms with Crippen LogP contribution < -0.4 is 0 Å². The molecule has 0 N–H and O–H groups in total. The minimum atomic E-state index is -0.182. The van der Waals surface area contributed by atoms with E-state index in [2.05, 4.69) is 34.3 Å². The lowest BCUT2D eigenvalue weighted by atomic mass is 10.0. The number of alkyl halides is 1. The first-order valence-electron chi connectivity index (χ1n) is 4.34. The Hall–Kier alpha value is -0.280. The summed E-state index contributed by atoms with van der Waals surface area (Å²) in [7, 11) is 0. The first kappa shape index (κ1) is 11.8. The van der Waals surface area contributed by atoms with E-state index in [0.717, 1.165) is 11.8 Å². The summed E-state index contributed by atoms with van der Waals surface area (Å²) in [6, 6.07) is 4.23. The van der Waals surface area contributed by atoms with E-state index in [9.17, 15) is 4.79 Å². The molecule has 0 radical (unpaired) electrons. The van der Waals surface area contributed by atoms with Gasteiger partial charge in [-0.2, -0.15) is 0 Å². The molecule has 1 nitrogen and oxygen atoms in total. The Kier molecular flexibility index (Phi) is 4.20. The molecule has 0 aliphatic heterocycles. The molecule has 0 aliphatic rings. The molecule has 0 spiro atoms. The molecule has 1 unspecified atom stereocenters. The molecule has 1 aromatic carbocycles. The van der Waals surface area contributed by atoms with Crippen molar-refractivity contribution < 1.29 is 4.79 Å². The maximum absolute atomic E-state index is 10.7. The molecule has 76 valence electrons. The van der Waals surface area contributed by atoms with E-state index < -0.39 is 0 Å². The third-order valence-corrected chi connectivity index (χ3v) is 3.58. The van der Waals surface area contributed by atoms with Gasteiger partial charge in [0.15, 0.2) is 0 Å². The van der Waals surface area contributed by atoms with Crippen LogP contribution in [0.3, 0.4) is 0 Å². The van der Waals surface area contributed by atoms with E-state index in [1.807, 2.05) is 13.8 Å². The van der Waals surface area contributed by atoms with Gasteiger partial charge in [0.2, 0.25) is 0 Å². The summed E-state index contributed by atoms with van der Waals surface area (Å²) in [4.78, 5) is 11.8. The molecule has 0 saturated carbocycles. The van der Waals surface area contributed by atoms with Crippen LogP contribution in [0.2, 0.25) is 0 Å². The summed E-state index contributed by atoms with van der Waals surface area (Å²) in [6.07, 6.45) is 2.98. The van der Waals surface area contributed by atoms with Gasteiger partial charge in [0, 0.05) is 4.90 Å². The lowest BCUT2D eigenvalue weighted by Gasteiger charge is -2.12. The van der Waals surface area contributed by atoms with E-state index >= 15 is 0 Å². The van der Waals surface area contributed by atoms with Crippen molar-refractivity contribution in [3.8, 4) is 0 Å². The third-order valence-electron chi connectivity index (χ3n) is 2.20. The van der Waals surface area contributed by atoms with Crippen molar-refractivity contribution in [1.82, 2.24) is 0 Å². The number of carbonyl (C=O) groups is 1. The summed E-state index contributed by atoms with van der Waals surface area (Å²) in [6.45, 7) is 4.08. The number of carbonyl (C=O) groups excluding carboxylic acids is 1. The van der Waals surface area contributed by atoms with E-state index in [1.165, 1.54) is 16.0 Å². The van der Waals surface area contributed by atoms with Crippen LogP contribution in [-0.2, 0) is 4.79 Å². The van der Waals surface area contributed by atoms with Crippen molar-refractivity contribution in [2.45, 2.75) is 23.6 Å². The molecule has 3 heteroatoms. The number of halogens is 1. The van der Waals surface area contributed by atoms with Crippen molar-refractivity contribution in [2.24, 2.45) is 0 Å². The zero-order valence-corrected chi connectivity index (χ0v) is 10.9. The van der Waals surface area contributed by atoms with Crippen molar-refractivity contribution in [2.75, 3.05) is 6.26 Å². The van der Waals surface area contributed by atoms with Gasteiger partial charge < -0.3 is 4.79 Å². The van der Waals surface area contributed by atoms with Crippen LogP contribution in [0, 0.1) is 13.8 Å². The smallest absolute Gasteiger partial charge is 0.138 e. The highest BCUT2D eigenvalue weighted by molar-refractivity contribution is 9.09. The number of aldehydes is 1. The number of hydrogen-bond acceptors (Lipinski definition) is 2. The van der Waals surface area contributed by atoms with Crippen LogP contribution in [0.5, 0.6) is 0 Å². The standard InChI is InChI=1S/C11H13BrOS/c1-7-4-9(14-3)5-8(2)11(7)10(12)6-13/h4-6,10H,1-3H3. The Bertz CT molecular complexity index is 326. The van der Waals surface area contributed by atoms with Crippen LogP contribution in [0.1, 0.15) is 21.5 Å². The number of benzene rings is 1. The number of hydrogen-bond donors (Lipinski definition) is 0. The molecular weight excluding hydrogens is 260 g/mol. The van der Waals surface area contributed by atoms with Crippen LogP contribution in [0.15, 0.2) is 17.0 Å². The molecule has 14 heavy (non-hydrogen) atoms. The van der Waals surface area contributed by atoms with Gasteiger partial charge in [0.05, 0.1) is 4.83 Å². The van der Waals surface area contributed by atoms with Gasteiger partial charge in [0.1, 0.15) is 6.29 Å². The quantitative estimate of drug-likeness (QED) is 0.475. The molecule has 0 saturated heterocycles. The maximum atomic E-state index is 10.7. The molecular formula is C11H13BrOS. The lowest BCUT2D eigenvalue weighted by molar-refractivity contribution is -0.107. The molecule has 0 heterocycles. The van der Waals surface area contributed by atoms with Gasteiger partial charge in [-0.1, -0.05) is 15.9 Å². The van der Waals surface area contributed by atoms with E-state index in [-0.39, 0.29) is 4.83 Å².